The Hall–Kier alpha value is -4.27. The largest absolute Gasteiger partial charge is 0.497 e. The molecule has 0 radical (unpaired) electrons. The van der Waals surface area contributed by atoms with Crippen molar-refractivity contribution in [2.24, 2.45) is 5.92 Å². The van der Waals surface area contributed by atoms with Crippen LogP contribution in [0.25, 0.3) is 0 Å². The van der Waals surface area contributed by atoms with Crippen molar-refractivity contribution < 1.29 is 38.4 Å². The molecule has 40 heavy (non-hydrogen) atoms. The molecule has 5 atom stereocenters. The number of hydrogen-bond acceptors (Lipinski definition) is 8. The van der Waals surface area contributed by atoms with Gasteiger partial charge in [0.15, 0.2) is 17.0 Å². The Bertz CT molecular complexity index is 1560. The van der Waals surface area contributed by atoms with Crippen LogP contribution < -0.4 is 18.9 Å². The Labute approximate surface area is 231 Å². The van der Waals surface area contributed by atoms with E-state index in [0.29, 0.717) is 28.4 Å². The van der Waals surface area contributed by atoms with E-state index in [1.807, 2.05) is 30.3 Å². The summed E-state index contributed by atoms with van der Waals surface area (Å²) in [5, 5.41) is 25.2. The van der Waals surface area contributed by atoms with Gasteiger partial charge in [0, 0.05) is 18.1 Å². The highest BCUT2D eigenvalue weighted by Gasteiger charge is 2.78. The molecule has 0 bridgehead atoms. The summed E-state index contributed by atoms with van der Waals surface area (Å²) in [7, 11) is 4.55. The standard InChI is InChI=1S/C32H30O8/c1-18-10-15-23(39-18)29(33)26-27(19-8-6-5-7-9-19)32(20-11-13-21(36-2)14-12-20)31(35,30(26)34)28-24(38-4)16-22(37-3)17-25(28)40-32/h5-17,26-27,30,34-35H,1-4H3/t26-,27+,30+,31-,32-/m0/s1. The van der Waals surface area contributed by atoms with Gasteiger partial charge < -0.3 is 33.6 Å². The van der Waals surface area contributed by atoms with Gasteiger partial charge >= 0.3 is 0 Å². The maximum absolute atomic E-state index is 14.2. The smallest absolute Gasteiger partial charge is 0.204 e. The zero-order chi connectivity index (χ0) is 28.2. The van der Waals surface area contributed by atoms with E-state index < -0.39 is 34.9 Å². The van der Waals surface area contributed by atoms with Gasteiger partial charge in [-0.25, -0.2) is 0 Å². The second-order valence-corrected chi connectivity index (χ2v) is 10.2. The topological polar surface area (TPSA) is 108 Å². The van der Waals surface area contributed by atoms with E-state index in [1.165, 1.54) is 14.2 Å². The Balaban J connectivity index is 1.69. The summed E-state index contributed by atoms with van der Waals surface area (Å²) in [4.78, 5) is 14.2. The van der Waals surface area contributed by atoms with Gasteiger partial charge in [0.1, 0.15) is 34.9 Å². The van der Waals surface area contributed by atoms with Crippen molar-refractivity contribution >= 4 is 5.78 Å². The normalized spacial score (nSPS) is 26.5. The first kappa shape index (κ1) is 26.0. The molecule has 8 heteroatoms. The van der Waals surface area contributed by atoms with Crippen molar-refractivity contribution in [2.75, 3.05) is 21.3 Å². The molecular formula is C32H30O8. The lowest BCUT2D eigenvalue weighted by molar-refractivity contribution is -0.151. The first-order chi connectivity index (χ1) is 19.3. The van der Waals surface area contributed by atoms with Crippen molar-refractivity contribution in [3.05, 3.63) is 107 Å². The Morgan fingerprint density at radius 1 is 0.875 bits per heavy atom. The van der Waals surface area contributed by atoms with E-state index in [4.69, 9.17) is 23.4 Å². The number of rotatable bonds is 7. The van der Waals surface area contributed by atoms with E-state index in [-0.39, 0.29) is 22.8 Å². The number of methoxy groups -OCH3 is 3. The zero-order valence-electron chi connectivity index (χ0n) is 22.6. The fourth-order valence-corrected chi connectivity index (χ4v) is 6.53. The molecule has 0 amide bonds. The van der Waals surface area contributed by atoms with Crippen LogP contribution in [0.2, 0.25) is 0 Å². The van der Waals surface area contributed by atoms with Gasteiger partial charge in [-0.15, -0.1) is 0 Å². The number of Topliss-reactive ketones (excluding diaryl/α,β-unsaturated/α-hetero) is 1. The Morgan fingerprint density at radius 2 is 1.57 bits per heavy atom. The minimum Gasteiger partial charge on any atom is -0.497 e. The fourth-order valence-electron chi connectivity index (χ4n) is 6.53. The first-order valence-electron chi connectivity index (χ1n) is 13.0. The highest BCUT2D eigenvalue weighted by Crippen LogP contribution is 2.70. The number of hydrogen-bond donors (Lipinski definition) is 2. The molecule has 2 N–H and O–H groups in total. The zero-order valence-corrected chi connectivity index (χ0v) is 22.6. The molecule has 8 nitrogen and oxygen atoms in total. The number of benzene rings is 3. The molecule has 1 aliphatic heterocycles. The van der Waals surface area contributed by atoms with Gasteiger partial charge in [0.05, 0.1) is 32.8 Å². The number of fused-ring (bicyclic) bond motifs is 3. The molecule has 0 spiro atoms. The number of ether oxygens (including phenoxy) is 4. The van der Waals surface area contributed by atoms with Crippen molar-refractivity contribution in [2.45, 2.75) is 30.1 Å². The van der Waals surface area contributed by atoms with Gasteiger partial charge in [0.2, 0.25) is 5.78 Å². The number of furan rings is 1. The average Bonchev–Trinajstić information content (AvgIpc) is 3.60. The molecule has 6 rings (SSSR count). The van der Waals surface area contributed by atoms with Crippen LogP contribution in [0.4, 0.5) is 0 Å². The van der Waals surface area contributed by atoms with Crippen molar-refractivity contribution in [1.82, 2.24) is 0 Å². The summed E-state index contributed by atoms with van der Waals surface area (Å²) in [6.07, 6.45) is -1.61. The summed E-state index contributed by atoms with van der Waals surface area (Å²) < 4.78 is 29.1. The fraction of sp³-hybridized carbons (Fsp3) is 0.281. The molecule has 2 heterocycles. The van der Waals surface area contributed by atoms with Gasteiger partial charge in [-0.2, -0.15) is 0 Å². The third-order valence-corrected chi connectivity index (χ3v) is 8.24. The highest BCUT2D eigenvalue weighted by atomic mass is 16.5. The van der Waals surface area contributed by atoms with Crippen LogP contribution in [0.5, 0.6) is 23.0 Å². The minimum absolute atomic E-state index is 0.0952. The van der Waals surface area contributed by atoms with Crippen LogP contribution in [0, 0.1) is 12.8 Å². The van der Waals surface area contributed by atoms with E-state index >= 15 is 0 Å². The molecular weight excluding hydrogens is 512 g/mol. The number of aliphatic hydroxyl groups is 2. The molecule has 4 aromatic rings. The maximum atomic E-state index is 14.2. The molecule has 3 aromatic carbocycles. The Morgan fingerprint density at radius 3 is 2.17 bits per heavy atom. The molecule has 2 aliphatic rings. The van der Waals surface area contributed by atoms with Gasteiger partial charge in [-0.3, -0.25) is 4.79 Å². The summed E-state index contributed by atoms with van der Waals surface area (Å²) in [6.45, 7) is 1.75. The van der Waals surface area contributed by atoms with Crippen molar-refractivity contribution in [3.63, 3.8) is 0 Å². The van der Waals surface area contributed by atoms with Gasteiger partial charge in [0.25, 0.3) is 0 Å². The minimum atomic E-state index is -2.11. The van der Waals surface area contributed by atoms with Gasteiger partial charge in [-0.05, 0) is 42.3 Å². The van der Waals surface area contributed by atoms with Crippen LogP contribution in [0.3, 0.4) is 0 Å². The Kier molecular flexibility index (Phi) is 6.12. The molecule has 206 valence electrons. The van der Waals surface area contributed by atoms with Crippen LogP contribution in [0.15, 0.2) is 83.3 Å². The third kappa shape index (κ3) is 3.42. The summed E-state index contributed by atoms with van der Waals surface area (Å²) in [5.41, 5.74) is -2.27. The van der Waals surface area contributed by atoms with Crippen molar-refractivity contribution in [3.8, 4) is 23.0 Å². The molecule has 0 saturated heterocycles. The summed E-state index contributed by atoms with van der Waals surface area (Å²) in [6, 6.07) is 23.0. The summed E-state index contributed by atoms with van der Waals surface area (Å²) in [5.74, 6) is -0.162. The number of ketones is 1. The molecule has 1 aliphatic carbocycles. The highest BCUT2D eigenvalue weighted by molar-refractivity contribution is 5.97. The maximum Gasteiger partial charge on any atom is 0.204 e. The second-order valence-electron chi connectivity index (χ2n) is 10.2. The van der Waals surface area contributed by atoms with Gasteiger partial charge in [-0.1, -0.05) is 42.5 Å². The number of aryl methyl sites for hydroxylation is 1. The number of carbonyl (C=O) groups excluding carboxylic acids is 1. The monoisotopic (exact) mass is 542 g/mol. The lowest BCUT2D eigenvalue weighted by atomic mass is 9.70. The van der Waals surface area contributed by atoms with Crippen LogP contribution >= 0.6 is 0 Å². The van der Waals surface area contributed by atoms with Crippen LogP contribution in [-0.2, 0) is 11.2 Å². The van der Waals surface area contributed by atoms with Crippen LogP contribution in [-0.4, -0.2) is 43.4 Å². The SMILES string of the molecule is COc1ccc([C@@]23Oc4cc(OC)cc(OC)c4[C@]2(O)[C@H](O)[C@H](C(=O)c2ccc(C)o2)[C@H]3c2ccccc2)cc1. The average molecular weight is 543 g/mol. The molecule has 1 aromatic heterocycles. The van der Waals surface area contributed by atoms with E-state index in [1.54, 1.807) is 62.6 Å². The van der Waals surface area contributed by atoms with E-state index in [9.17, 15) is 15.0 Å². The van der Waals surface area contributed by atoms with E-state index in [0.717, 1.165) is 0 Å². The predicted octanol–water partition coefficient (Wildman–Crippen LogP) is 4.75. The van der Waals surface area contributed by atoms with Crippen molar-refractivity contribution in [1.29, 1.82) is 0 Å². The lowest BCUT2D eigenvalue weighted by Crippen LogP contribution is -2.52. The quantitative estimate of drug-likeness (QED) is 0.322. The molecule has 0 unspecified atom stereocenters. The lowest BCUT2D eigenvalue weighted by Gasteiger charge is -2.40. The number of aliphatic hydroxyl groups excluding tert-OH is 1. The second kappa shape index (κ2) is 9.43. The van der Waals surface area contributed by atoms with Crippen LogP contribution in [0.1, 0.15) is 38.9 Å². The first-order valence-corrected chi connectivity index (χ1v) is 13.0. The summed E-state index contributed by atoms with van der Waals surface area (Å²) >= 11 is 0. The molecule has 1 saturated carbocycles. The predicted molar refractivity (Wildman–Crippen MR) is 145 cm³/mol. The number of carbonyl (C=O) groups is 1. The third-order valence-electron chi connectivity index (χ3n) is 8.24. The molecule has 1 fully saturated rings. The van der Waals surface area contributed by atoms with E-state index in [2.05, 4.69) is 0 Å².